The molecule has 0 radical (unpaired) electrons. The van der Waals surface area contributed by atoms with Gasteiger partial charge in [0.25, 0.3) is 0 Å². The van der Waals surface area contributed by atoms with Crippen LogP contribution in [0.1, 0.15) is 0 Å². The van der Waals surface area contributed by atoms with E-state index in [0.717, 1.165) is 47.2 Å². The monoisotopic (exact) mass is 777 g/mol. The molecule has 0 bridgehead atoms. The molecule has 0 amide bonds. The van der Waals surface area contributed by atoms with Crippen LogP contribution in [0.25, 0.3) is 33.8 Å². The zero-order valence-electron chi connectivity index (χ0n) is 20.3. The van der Waals surface area contributed by atoms with Gasteiger partial charge in [-0.05, 0) is 103 Å². The lowest BCUT2D eigenvalue weighted by Crippen LogP contribution is -2.43. The molecule has 0 unspecified atom stereocenters. The van der Waals surface area contributed by atoms with Crippen LogP contribution in [0.2, 0.25) is 15.1 Å². The molecule has 3 aromatic carbocycles. The summed E-state index contributed by atoms with van der Waals surface area (Å²) in [5.41, 5.74) is 5.13. The molecule has 0 aliphatic carbocycles. The summed E-state index contributed by atoms with van der Waals surface area (Å²) in [5, 5.41) is 16.9. The SMILES string of the molecule is Clc1ccc(-c2nn([BH-](n3cc(Br)c(-c4ccc(Cl)cc4)n3)n3cc(Br)c(-c4ccc(Cl)cc4)n3)cc2Br)cc1. The van der Waals surface area contributed by atoms with E-state index in [1.807, 2.05) is 105 Å². The predicted octanol–water partition coefficient (Wildman–Crippen LogP) is 9.19. The molecule has 0 fully saturated rings. The van der Waals surface area contributed by atoms with Crippen LogP contribution in [0.3, 0.4) is 0 Å². The Morgan fingerprint density at radius 3 is 0.950 bits per heavy atom. The maximum Gasteiger partial charge on any atom is 0.326 e. The van der Waals surface area contributed by atoms with Crippen LogP contribution < -0.4 is 0 Å². The molecule has 13 heteroatoms. The van der Waals surface area contributed by atoms with Gasteiger partial charge in [-0.25, -0.2) is 15.3 Å². The Morgan fingerprint density at radius 2 is 0.700 bits per heavy atom. The Labute approximate surface area is 270 Å². The van der Waals surface area contributed by atoms with Crippen molar-refractivity contribution in [1.29, 1.82) is 0 Å². The molecule has 0 saturated carbocycles. The number of halogens is 6. The molecule has 200 valence electrons. The standard InChI is InChI=1S/C27H16BBr3Cl3N6/c29-22-13-38(35-25(22)16-1-7-19(32)8-2-16)28(39-14-23(30)26(36-39)17-3-9-20(33)10-4-17)40-15-24(31)27(37-40)18-5-11-21(34)12-6-18/h1-15,28H/q-1. The maximum absolute atomic E-state index is 6.13. The highest BCUT2D eigenvalue weighted by Gasteiger charge is 2.21. The summed E-state index contributed by atoms with van der Waals surface area (Å²) >= 11 is 29.5. The van der Waals surface area contributed by atoms with E-state index in [0.29, 0.717) is 15.1 Å². The van der Waals surface area contributed by atoms with Gasteiger partial charge < -0.3 is 13.8 Å². The topological polar surface area (TPSA) is 53.5 Å². The summed E-state index contributed by atoms with van der Waals surface area (Å²) in [6.07, 6.45) is 5.83. The van der Waals surface area contributed by atoms with Crippen molar-refractivity contribution in [3.05, 3.63) is 120 Å². The number of hydrogen-bond donors (Lipinski definition) is 0. The van der Waals surface area contributed by atoms with Gasteiger partial charge in [0.15, 0.2) is 0 Å². The zero-order valence-corrected chi connectivity index (χ0v) is 27.3. The first-order chi connectivity index (χ1) is 19.3. The van der Waals surface area contributed by atoms with Crippen molar-refractivity contribution in [3.8, 4) is 33.8 Å². The van der Waals surface area contributed by atoms with Gasteiger partial charge in [-0.1, -0.05) is 71.2 Å². The maximum atomic E-state index is 6.13. The van der Waals surface area contributed by atoms with Crippen molar-refractivity contribution in [2.75, 3.05) is 0 Å². The molecule has 6 aromatic rings. The molecular formula is C27H16BBr3Cl3N6-. The number of rotatable bonds is 6. The molecule has 0 aliphatic heterocycles. The van der Waals surface area contributed by atoms with Gasteiger partial charge in [-0.3, -0.25) is 0 Å². The van der Waals surface area contributed by atoms with E-state index < -0.39 is 7.12 Å². The molecule has 0 aliphatic rings. The molecule has 0 atom stereocenters. The van der Waals surface area contributed by atoms with Crippen molar-refractivity contribution in [3.63, 3.8) is 0 Å². The minimum Gasteiger partial charge on any atom is -0.401 e. The molecule has 0 N–H and O–H groups in total. The van der Waals surface area contributed by atoms with Crippen molar-refractivity contribution >= 4 is 89.7 Å². The average molecular weight is 781 g/mol. The van der Waals surface area contributed by atoms with E-state index in [1.165, 1.54) is 0 Å². The third kappa shape index (κ3) is 5.58. The first-order valence-corrected chi connectivity index (χ1v) is 15.5. The van der Waals surface area contributed by atoms with E-state index in [1.54, 1.807) is 0 Å². The first-order valence-electron chi connectivity index (χ1n) is 12.0. The highest BCUT2D eigenvalue weighted by atomic mass is 79.9. The Kier molecular flexibility index (Phi) is 8.00. The Hall–Kier alpha value is -2.34. The normalized spacial score (nSPS) is 11.5. The van der Waals surface area contributed by atoms with Gasteiger partial charge in [-0.2, -0.15) is 0 Å². The Morgan fingerprint density at radius 1 is 0.450 bits per heavy atom. The van der Waals surface area contributed by atoms with E-state index in [2.05, 4.69) is 47.8 Å². The number of benzene rings is 3. The Bertz CT molecular complexity index is 1600. The lowest BCUT2D eigenvalue weighted by atomic mass is 9.96. The van der Waals surface area contributed by atoms with Crippen LogP contribution in [0.5, 0.6) is 0 Å². The summed E-state index contributed by atoms with van der Waals surface area (Å²) < 4.78 is 8.18. The molecule has 0 saturated heterocycles. The third-order valence-electron chi connectivity index (χ3n) is 6.37. The molecule has 40 heavy (non-hydrogen) atoms. The van der Waals surface area contributed by atoms with Crippen LogP contribution in [0.15, 0.2) is 105 Å². The van der Waals surface area contributed by atoms with Crippen LogP contribution in [0.4, 0.5) is 0 Å². The number of nitrogens with zero attached hydrogens (tertiary/aromatic N) is 6. The highest BCUT2D eigenvalue weighted by molar-refractivity contribution is 9.11. The minimum atomic E-state index is -1.73. The second kappa shape index (κ2) is 11.5. The molecule has 6 nitrogen and oxygen atoms in total. The van der Waals surface area contributed by atoms with Gasteiger partial charge >= 0.3 is 7.12 Å². The largest absolute Gasteiger partial charge is 0.401 e. The number of aromatic nitrogens is 6. The van der Waals surface area contributed by atoms with Gasteiger partial charge in [-0.15, -0.1) is 0 Å². The zero-order chi connectivity index (χ0) is 28.0. The Balaban J connectivity index is 1.49. The molecule has 3 aromatic heterocycles. The van der Waals surface area contributed by atoms with Crippen LogP contribution in [-0.2, 0) is 0 Å². The minimum absolute atomic E-state index is 0.662. The average Bonchev–Trinajstić information content (AvgIpc) is 3.62. The van der Waals surface area contributed by atoms with E-state index in [4.69, 9.17) is 50.1 Å². The fourth-order valence-electron chi connectivity index (χ4n) is 4.48. The van der Waals surface area contributed by atoms with Crippen LogP contribution >= 0.6 is 82.6 Å². The lowest BCUT2D eigenvalue weighted by molar-refractivity contribution is 0.775. The molecule has 0 spiro atoms. The van der Waals surface area contributed by atoms with E-state index in [-0.39, 0.29) is 0 Å². The summed E-state index contributed by atoms with van der Waals surface area (Å²) in [4.78, 5) is 0. The van der Waals surface area contributed by atoms with E-state index >= 15 is 0 Å². The van der Waals surface area contributed by atoms with Gasteiger partial charge in [0.05, 0.1) is 13.4 Å². The summed E-state index contributed by atoms with van der Waals surface area (Å²) in [6.45, 7) is 0. The molecule has 3 heterocycles. The van der Waals surface area contributed by atoms with E-state index in [9.17, 15) is 0 Å². The summed E-state index contributed by atoms with van der Waals surface area (Å²) in [7, 11) is -1.73. The smallest absolute Gasteiger partial charge is 0.326 e. The van der Waals surface area contributed by atoms with Crippen molar-refractivity contribution < 1.29 is 0 Å². The van der Waals surface area contributed by atoms with Crippen molar-refractivity contribution in [1.82, 2.24) is 29.1 Å². The predicted molar refractivity (Wildman–Crippen MR) is 174 cm³/mol. The van der Waals surface area contributed by atoms with Gasteiger partial charge in [0, 0.05) is 31.8 Å². The number of hydrogen-bond acceptors (Lipinski definition) is 3. The van der Waals surface area contributed by atoms with Gasteiger partial charge in [0.2, 0.25) is 0 Å². The summed E-state index contributed by atoms with van der Waals surface area (Å²) in [6, 6.07) is 22.7. The molecule has 6 rings (SSSR count). The second-order valence-corrected chi connectivity index (χ2v) is 12.9. The fraction of sp³-hybridized carbons (Fsp3) is 0. The quantitative estimate of drug-likeness (QED) is 0.159. The summed E-state index contributed by atoms with van der Waals surface area (Å²) in [5.74, 6) is 0. The van der Waals surface area contributed by atoms with Crippen LogP contribution in [-0.4, -0.2) is 36.2 Å². The second-order valence-electron chi connectivity index (χ2n) is 9.04. The van der Waals surface area contributed by atoms with Crippen LogP contribution in [0, 0.1) is 0 Å². The lowest BCUT2D eigenvalue weighted by Gasteiger charge is -2.26. The van der Waals surface area contributed by atoms with Crippen molar-refractivity contribution in [2.45, 2.75) is 0 Å². The third-order valence-corrected chi connectivity index (χ3v) is 8.87. The highest BCUT2D eigenvalue weighted by Crippen LogP contribution is 2.32. The molecular weight excluding hydrogens is 765 g/mol. The fourth-order valence-corrected chi connectivity index (χ4v) is 6.49. The first kappa shape index (κ1) is 27.8. The van der Waals surface area contributed by atoms with Crippen molar-refractivity contribution in [2.24, 2.45) is 0 Å². The van der Waals surface area contributed by atoms with Gasteiger partial charge in [0.1, 0.15) is 17.1 Å².